The number of hydrogen-bond donors (Lipinski definition) is 2. The van der Waals surface area contributed by atoms with Crippen LogP contribution in [0.5, 0.6) is 0 Å². The van der Waals surface area contributed by atoms with Gasteiger partial charge < -0.3 is 10.5 Å². The molecule has 0 saturated carbocycles. The van der Waals surface area contributed by atoms with Crippen molar-refractivity contribution >= 4 is 17.8 Å². The highest BCUT2D eigenvalue weighted by molar-refractivity contribution is 6.34. The second kappa shape index (κ2) is 6.48. The molecule has 1 aromatic carbocycles. The van der Waals surface area contributed by atoms with Gasteiger partial charge in [0.2, 0.25) is 0 Å². The Morgan fingerprint density at radius 1 is 1.53 bits per heavy atom. The number of aryl methyl sites for hydroxylation is 1. The molecule has 90 valence electrons. The Balaban J connectivity index is 2.41. The second-order valence-electron chi connectivity index (χ2n) is 3.68. The molecule has 0 amide bonds. The number of carbonyl (C=O) groups is 1. The van der Waals surface area contributed by atoms with Crippen LogP contribution in [0.2, 0.25) is 0 Å². The van der Waals surface area contributed by atoms with Crippen molar-refractivity contribution < 1.29 is 9.90 Å². The Kier molecular flexibility index (Phi) is 4.94. The number of nitrogens with zero attached hydrogens (tertiary/aromatic N) is 1. The number of nitrogens with one attached hydrogen (secondary N) is 1. The van der Waals surface area contributed by atoms with Crippen molar-refractivity contribution in [1.82, 2.24) is 5.43 Å². The standard InChI is InChI=1S/C13H16N2O2/c1-10-5-3-6-12(9-10)7-4-8-14-15-11(2)13(16)17/h3-7,9,14H,8H2,1-2H3,(H,16,17)/b7-4+,15-11+. The Morgan fingerprint density at radius 3 is 2.94 bits per heavy atom. The molecule has 4 heteroatoms. The molecule has 1 aromatic rings. The largest absolute Gasteiger partial charge is 0.477 e. The minimum atomic E-state index is -1.01. The van der Waals surface area contributed by atoms with Crippen LogP contribution < -0.4 is 5.43 Å². The summed E-state index contributed by atoms with van der Waals surface area (Å²) >= 11 is 0. The van der Waals surface area contributed by atoms with E-state index in [9.17, 15) is 4.79 Å². The third-order valence-corrected chi connectivity index (χ3v) is 2.12. The van der Waals surface area contributed by atoms with Crippen molar-refractivity contribution in [3.05, 3.63) is 41.5 Å². The predicted molar refractivity (Wildman–Crippen MR) is 69.0 cm³/mol. The molecule has 1 rings (SSSR count). The third-order valence-electron chi connectivity index (χ3n) is 2.12. The number of aliphatic carboxylic acids is 1. The van der Waals surface area contributed by atoms with E-state index < -0.39 is 5.97 Å². The van der Waals surface area contributed by atoms with Crippen LogP contribution in [0.15, 0.2) is 35.4 Å². The Morgan fingerprint density at radius 2 is 2.29 bits per heavy atom. The lowest BCUT2D eigenvalue weighted by Crippen LogP contribution is -2.15. The third kappa shape index (κ3) is 4.97. The van der Waals surface area contributed by atoms with E-state index in [4.69, 9.17) is 5.11 Å². The summed E-state index contributed by atoms with van der Waals surface area (Å²) in [7, 11) is 0. The first kappa shape index (κ1) is 13.0. The normalized spacial score (nSPS) is 11.8. The zero-order valence-corrected chi connectivity index (χ0v) is 9.97. The molecule has 0 unspecified atom stereocenters. The smallest absolute Gasteiger partial charge is 0.351 e. The van der Waals surface area contributed by atoms with Gasteiger partial charge in [-0.1, -0.05) is 42.0 Å². The average Bonchev–Trinajstić information content (AvgIpc) is 2.28. The van der Waals surface area contributed by atoms with Crippen molar-refractivity contribution in [2.75, 3.05) is 6.54 Å². The number of carboxylic acids is 1. The SMILES string of the molecule is C/C(=N\NC/C=C/c1cccc(C)c1)C(=O)O. The van der Waals surface area contributed by atoms with Crippen LogP contribution in [0.25, 0.3) is 6.08 Å². The topological polar surface area (TPSA) is 61.7 Å². The first-order chi connectivity index (χ1) is 8.09. The van der Waals surface area contributed by atoms with Crippen molar-refractivity contribution in [2.45, 2.75) is 13.8 Å². The molecule has 0 bridgehead atoms. The minimum Gasteiger partial charge on any atom is -0.477 e. The van der Waals surface area contributed by atoms with E-state index in [0.29, 0.717) is 6.54 Å². The number of hydrazone groups is 1. The molecule has 0 aliphatic rings. The zero-order chi connectivity index (χ0) is 12.7. The van der Waals surface area contributed by atoms with E-state index in [0.717, 1.165) is 5.56 Å². The van der Waals surface area contributed by atoms with Gasteiger partial charge in [0.05, 0.1) is 6.54 Å². The summed E-state index contributed by atoms with van der Waals surface area (Å²) in [5, 5.41) is 12.2. The lowest BCUT2D eigenvalue weighted by Gasteiger charge is -1.97. The highest BCUT2D eigenvalue weighted by Gasteiger charge is 1.99. The fraction of sp³-hybridized carbons (Fsp3) is 0.231. The summed E-state index contributed by atoms with van der Waals surface area (Å²) in [6, 6.07) is 8.11. The molecule has 4 nitrogen and oxygen atoms in total. The van der Waals surface area contributed by atoms with Gasteiger partial charge in [-0.3, -0.25) is 0 Å². The molecule has 0 aliphatic heterocycles. The molecule has 0 radical (unpaired) electrons. The van der Waals surface area contributed by atoms with Crippen LogP contribution in [0, 0.1) is 6.92 Å². The summed E-state index contributed by atoms with van der Waals surface area (Å²) in [5.74, 6) is -1.01. The van der Waals surface area contributed by atoms with Gasteiger partial charge in [-0.15, -0.1) is 0 Å². The highest BCUT2D eigenvalue weighted by atomic mass is 16.4. The van der Waals surface area contributed by atoms with Gasteiger partial charge in [-0.25, -0.2) is 4.79 Å². The first-order valence-corrected chi connectivity index (χ1v) is 5.33. The lowest BCUT2D eigenvalue weighted by atomic mass is 10.1. The molecule has 0 atom stereocenters. The van der Waals surface area contributed by atoms with Gasteiger partial charge in [0, 0.05) is 0 Å². The summed E-state index contributed by atoms with van der Waals surface area (Å²) in [6.45, 7) is 3.98. The number of benzene rings is 1. The van der Waals surface area contributed by atoms with E-state index in [1.165, 1.54) is 12.5 Å². The molecule has 0 aromatic heterocycles. The van der Waals surface area contributed by atoms with Gasteiger partial charge >= 0.3 is 5.97 Å². The van der Waals surface area contributed by atoms with Gasteiger partial charge in [0.15, 0.2) is 0 Å². The van der Waals surface area contributed by atoms with Crippen LogP contribution >= 0.6 is 0 Å². The fourth-order valence-electron chi connectivity index (χ4n) is 1.23. The molecular formula is C13H16N2O2. The summed E-state index contributed by atoms with van der Waals surface area (Å²) in [5.41, 5.74) is 5.05. The fourth-order valence-corrected chi connectivity index (χ4v) is 1.23. The summed E-state index contributed by atoms with van der Waals surface area (Å²) < 4.78 is 0. The Bertz CT molecular complexity index is 450. The van der Waals surface area contributed by atoms with Gasteiger partial charge in [-0.2, -0.15) is 5.10 Å². The number of rotatable bonds is 5. The van der Waals surface area contributed by atoms with Crippen molar-refractivity contribution in [2.24, 2.45) is 5.10 Å². The van der Waals surface area contributed by atoms with Crippen LogP contribution in [-0.2, 0) is 4.79 Å². The highest BCUT2D eigenvalue weighted by Crippen LogP contribution is 2.05. The van der Waals surface area contributed by atoms with Crippen LogP contribution in [0.4, 0.5) is 0 Å². The van der Waals surface area contributed by atoms with E-state index in [1.54, 1.807) is 0 Å². The second-order valence-corrected chi connectivity index (χ2v) is 3.68. The molecule has 0 fully saturated rings. The number of carboxylic acid groups (broad SMARTS) is 1. The zero-order valence-electron chi connectivity index (χ0n) is 9.97. The summed E-state index contributed by atoms with van der Waals surface area (Å²) in [6.07, 6.45) is 3.86. The average molecular weight is 232 g/mol. The molecule has 0 aliphatic carbocycles. The van der Waals surface area contributed by atoms with E-state index in [2.05, 4.69) is 16.6 Å². The van der Waals surface area contributed by atoms with E-state index in [1.807, 2.05) is 37.3 Å². The summed E-state index contributed by atoms with van der Waals surface area (Å²) in [4.78, 5) is 10.4. The lowest BCUT2D eigenvalue weighted by molar-refractivity contribution is -0.129. The molecule has 0 heterocycles. The monoisotopic (exact) mass is 232 g/mol. The molecule has 0 saturated heterocycles. The van der Waals surface area contributed by atoms with Gasteiger partial charge in [-0.05, 0) is 19.4 Å². The van der Waals surface area contributed by atoms with E-state index >= 15 is 0 Å². The van der Waals surface area contributed by atoms with Crippen LogP contribution in [-0.4, -0.2) is 23.3 Å². The molecule has 0 spiro atoms. The maximum atomic E-state index is 10.4. The molecule has 17 heavy (non-hydrogen) atoms. The molecule has 2 N–H and O–H groups in total. The number of hydrogen-bond acceptors (Lipinski definition) is 3. The Labute approximate surface area is 101 Å². The maximum Gasteiger partial charge on any atom is 0.351 e. The maximum absolute atomic E-state index is 10.4. The van der Waals surface area contributed by atoms with Crippen LogP contribution in [0.1, 0.15) is 18.1 Å². The van der Waals surface area contributed by atoms with Crippen molar-refractivity contribution in [3.63, 3.8) is 0 Å². The minimum absolute atomic E-state index is 0.0500. The van der Waals surface area contributed by atoms with Crippen molar-refractivity contribution in [3.8, 4) is 0 Å². The van der Waals surface area contributed by atoms with Gasteiger partial charge in [0.25, 0.3) is 0 Å². The van der Waals surface area contributed by atoms with Crippen molar-refractivity contribution in [1.29, 1.82) is 0 Å². The quantitative estimate of drug-likeness (QED) is 0.464. The first-order valence-electron chi connectivity index (χ1n) is 5.33. The Hall–Kier alpha value is -2.10. The molecular weight excluding hydrogens is 216 g/mol. The van der Waals surface area contributed by atoms with Crippen LogP contribution in [0.3, 0.4) is 0 Å². The predicted octanol–water partition coefficient (Wildman–Crippen LogP) is 2.06. The van der Waals surface area contributed by atoms with E-state index in [-0.39, 0.29) is 5.71 Å². The van der Waals surface area contributed by atoms with Gasteiger partial charge in [0.1, 0.15) is 5.71 Å².